The maximum atomic E-state index is 12.3. The smallest absolute Gasteiger partial charge is 0.279 e. The van der Waals surface area contributed by atoms with E-state index in [1.165, 1.54) is 0 Å². The van der Waals surface area contributed by atoms with E-state index in [9.17, 15) is 15.0 Å². The van der Waals surface area contributed by atoms with Crippen LogP contribution in [0.1, 0.15) is 10.4 Å². The maximum Gasteiger partial charge on any atom is 0.279 e. The van der Waals surface area contributed by atoms with E-state index in [4.69, 9.17) is 0 Å². The summed E-state index contributed by atoms with van der Waals surface area (Å²) in [7, 11) is 0. The third-order valence-corrected chi connectivity index (χ3v) is 4.82. The molecule has 0 saturated heterocycles. The normalized spacial score (nSPS) is 12.8. The Bertz CT molecular complexity index is 1130. The Labute approximate surface area is 146 Å². The SMILES string of the molecule is Cc1ccc(O)c(Nc2nc(O)c(C3=c4ccccc4=NC3=O)s2)c1. The molecular weight excluding hydrogens is 338 g/mol. The Kier molecular flexibility index (Phi) is 3.51. The van der Waals surface area contributed by atoms with Gasteiger partial charge in [-0.1, -0.05) is 35.6 Å². The van der Waals surface area contributed by atoms with Gasteiger partial charge in [0.1, 0.15) is 10.6 Å². The van der Waals surface area contributed by atoms with Gasteiger partial charge < -0.3 is 15.5 Å². The number of fused-ring (bicyclic) bond motifs is 1. The summed E-state index contributed by atoms with van der Waals surface area (Å²) in [5.74, 6) is -0.563. The van der Waals surface area contributed by atoms with Gasteiger partial charge >= 0.3 is 0 Å². The number of aryl methyl sites for hydroxylation is 1. The number of para-hydroxylation sites is 1. The molecule has 4 rings (SSSR count). The minimum Gasteiger partial charge on any atom is -0.506 e. The van der Waals surface area contributed by atoms with Crippen molar-refractivity contribution in [2.75, 3.05) is 5.32 Å². The van der Waals surface area contributed by atoms with Crippen molar-refractivity contribution in [1.29, 1.82) is 0 Å². The summed E-state index contributed by atoms with van der Waals surface area (Å²) in [4.78, 5) is 20.7. The lowest BCUT2D eigenvalue weighted by molar-refractivity contribution is -0.112. The predicted octanol–water partition coefficient (Wildman–Crippen LogP) is 1.97. The zero-order valence-electron chi connectivity index (χ0n) is 13.1. The zero-order valence-corrected chi connectivity index (χ0v) is 14.0. The average Bonchev–Trinajstić information content (AvgIpc) is 3.09. The fourth-order valence-electron chi connectivity index (χ4n) is 2.68. The first-order chi connectivity index (χ1) is 12.0. The molecule has 25 heavy (non-hydrogen) atoms. The van der Waals surface area contributed by atoms with Crippen LogP contribution in [0.15, 0.2) is 47.5 Å². The van der Waals surface area contributed by atoms with Crippen LogP contribution >= 0.6 is 11.3 Å². The van der Waals surface area contributed by atoms with Crippen molar-refractivity contribution in [1.82, 2.24) is 4.98 Å². The second kappa shape index (κ2) is 5.71. The van der Waals surface area contributed by atoms with Crippen molar-refractivity contribution in [3.63, 3.8) is 0 Å². The van der Waals surface area contributed by atoms with Crippen LogP contribution in [0.2, 0.25) is 0 Å². The number of carbonyl (C=O) groups excluding carboxylic acids is 1. The van der Waals surface area contributed by atoms with Crippen LogP contribution in [0.5, 0.6) is 11.6 Å². The highest BCUT2D eigenvalue weighted by molar-refractivity contribution is 7.17. The molecule has 124 valence electrons. The lowest BCUT2D eigenvalue weighted by Crippen LogP contribution is -2.22. The molecule has 1 aliphatic rings. The molecule has 0 atom stereocenters. The van der Waals surface area contributed by atoms with Gasteiger partial charge in [0, 0.05) is 5.22 Å². The largest absolute Gasteiger partial charge is 0.506 e. The lowest BCUT2D eigenvalue weighted by atomic mass is 10.1. The van der Waals surface area contributed by atoms with Gasteiger partial charge in [-0.3, -0.25) is 4.79 Å². The fourth-order valence-corrected chi connectivity index (χ4v) is 3.60. The second-order valence-corrected chi connectivity index (χ2v) is 6.63. The van der Waals surface area contributed by atoms with E-state index >= 15 is 0 Å². The van der Waals surface area contributed by atoms with Crippen LogP contribution in [-0.4, -0.2) is 21.1 Å². The zero-order chi connectivity index (χ0) is 17.6. The van der Waals surface area contributed by atoms with E-state index in [-0.39, 0.29) is 11.6 Å². The number of phenols is 1. The summed E-state index contributed by atoms with van der Waals surface area (Å²) in [6.45, 7) is 1.90. The highest BCUT2D eigenvalue weighted by atomic mass is 32.1. The Morgan fingerprint density at radius 2 is 1.92 bits per heavy atom. The summed E-state index contributed by atoms with van der Waals surface area (Å²) in [5.41, 5.74) is 1.79. The Morgan fingerprint density at radius 3 is 2.76 bits per heavy atom. The van der Waals surface area contributed by atoms with Gasteiger partial charge in [-0.05, 0) is 30.7 Å². The van der Waals surface area contributed by atoms with Gasteiger partial charge in [0.2, 0.25) is 5.88 Å². The quantitative estimate of drug-likeness (QED) is 0.627. The third kappa shape index (κ3) is 2.64. The number of aromatic hydroxyl groups is 2. The number of nitrogens with zero attached hydrogens (tertiary/aromatic N) is 2. The molecule has 0 spiro atoms. The summed E-state index contributed by atoms with van der Waals surface area (Å²) in [6.07, 6.45) is 0. The molecule has 2 heterocycles. The van der Waals surface area contributed by atoms with E-state index in [1.54, 1.807) is 36.4 Å². The Balaban J connectivity index is 1.79. The summed E-state index contributed by atoms with van der Waals surface area (Å²) >= 11 is 1.13. The molecule has 6 nitrogen and oxygen atoms in total. The maximum absolute atomic E-state index is 12.3. The van der Waals surface area contributed by atoms with Gasteiger partial charge in [-0.15, -0.1) is 0 Å². The highest BCUT2D eigenvalue weighted by Gasteiger charge is 2.24. The Hall–Kier alpha value is -3.19. The third-order valence-electron chi connectivity index (χ3n) is 3.84. The fraction of sp³-hybridized carbons (Fsp3) is 0.0556. The van der Waals surface area contributed by atoms with Crippen LogP contribution in [0.25, 0.3) is 5.57 Å². The van der Waals surface area contributed by atoms with Crippen molar-refractivity contribution in [3.8, 4) is 11.6 Å². The number of thiazole rings is 1. The van der Waals surface area contributed by atoms with Crippen LogP contribution in [0.3, 0.4) is 0 Å². The molecular formula is C18H13N3O3S. The van der Waals surface area contributed by atoms with Crippen LogP contribution in [0, 0.1) is 6.92 Å². The van der Waals surface area contributed by atoms with Crippen molar-refractivity contribution >= 4 is 33.6 Å². The van der Waals surface area contributed by atoms with E-state index in [0.717, 1.165) is 16.9 Å². The summed E-state index contributed by atoms with van der Waals surface area (Å²) in [5, 5.41) is 24.8. The van der Waals surface area contributed by atoms with E-state index in [2.05, 4.69) is 15.3 Å². The van der Waals surface area contributed by atoms with Crippen molar-refractivity contribution < 1.29 is 15.0 Å². The van der Waals surface area contributed by atoms with Crippen LogP contribution < -0.4 is 15.9 Å². The molecule has 0 saturated carbocycles. The molecule has 3 aromatic rings. The standard InChI is InChI=1S/C18H13N3O3S/c1-9-6-7-13(22)12(8-9)20-18-21-17(24)15(25-18)14-10-4-2-3-5-11(10)19-16(14)23/h2-8,22,24H,1H3,(H,20,21). The molecule has 3 N–H and O–H groups in total. The van der Waals surface area contributed by atoms with Crippen molar-refractivity contribution in [3.05, 3.63) is 63.5 Å². The molecule has 7 heteroatoms. The predicted molar refractivity (Wildman–Crippen MR) is 94.6 cm³/mol. The van der Waals surface area contributed by atoms with Crippen molar-refractivity contribution in [2.45, 2.75) is 6.92 Å². The van der Waals surface area contributed by atoms with E-state index in [0.29, 0.717) is 31.8 Å². The number of phenolic OH excluding ortho intramolecular Hbond substituents is 1. The average molecular weight is 351 g/mol. The minimum atomic E-state index is -0.398. The van der Waals surface area contributed by atoms with Gasteiger partial charge in [-0.25, -0.2) is 4.99 Å². The first-order valence-electron chi connectivity index (χ1n) is 7.52. The number of benzene rings is 2. The minimum absolute atomic E-state index is 0.0757. The first-order valence-corrected chi connectivity index (χ1v) is 8.34. The van der Waals surface area contributed by atoms with E-state index in [1.807, 2.05) is 13.0 Å². The molecule has 0 fully saturated rings. The summed E-state index contributed by atoms with van der Waals surface area (Å²) < 4.78 is 0. The van der Waals surface area contributed by atoms with Crippen molar-refractivity contribution in [2.24, 2.45) is 4.99 Å². The Morgan fingerprint density at radius 1 is 1.12 bits per heavy atom. The van der Waals surface area contributed by atoms with Crippen LogP contribution in [-0.2, 0) is 4.79 Å². The second-order valence-electron chi connectivity index (χ2n) is 5.63. The van der Waals surface area contributed by atoms with Gasteiger partial charge in [0.25, 0.3) is 5.91 Å². The first kappa shape index (κ1) is 15.3. The van der Waals surface area contributed by atoms with Gasteiger partial charge in [-0.2, -0.15) is 4.98 Å². The highest BCUT2D eigenvalue weighted by Crippen LogP contribution is 2.37. The number of nitrogens with one attached hydrogen (secondary N) is 1. The number of rotatable bonds is 3. The number of hydrogen-bond acceptors (Lipinski definition) is 6. The molecule has 1 amide bonds. The molecule has 0 bridgehead atoms. The van der Waals surface area contributed by atoms with Crippen LogP contribution in [0.4, 0.5) is 10.8 Å². The molecule has 1 aromatic heterocycles. The molecule has 0 radical (unpaired) electrons. The van der Waals surface area contributed by atoms with Gasteiger partial charge in [0.15, 0.2) is 5.13 Å². The number of amides is 1. The van der Waals surface area contributed by atoms with Gasteiger partial charge in [0.05, 0.1) is 16.6 Å². The lowest BCUT2D eigenvalue weighted by Gasteiger charge is -2.05. The van der Waals surface area contributed by atoms with E-state index < -0.39 is 5.91 Å². The number of hydrogen-bond donors (Lipinski definition) is 3. The number of carbonyl (C=O) groups is 1. The monoisotopic (exact) mass is 351 g/mol. The molecule has 2 aromatic carbocycles. The topological polar surface area (TPSA) is 94.8 Å². The number of anilines is 2. The molecule has 0 unspecified atom stereocenters. The molecule has 0 aliphatic carbocycles. The number of aromatic nitrogens is 1. The molecule has 1 aliphatic heterocycles. The summed E-state index contributed by atoms with van der Waals surface area (Å²) in [6, 6.07) is 12.3.